The van der Waals surface area contributed by atoms with Gasteiger partial charge in [0.15, 0.2) is 5.78 Å². The molecule has 4 aliphatic rings. The summed E-state index contributed by atoms with van der Waals surface area (Å²) in [5, 5.41) is 42.5. The Kier molecular flexibility index (Phi) is 3.61. The van der Waals surface area contributed by atoms with Crippen molar-refractivity contribution >= 4 is 11.8 Å². The number of Topliss-reactive ketones (excluding diaryl/α,β-unsaturated/α-hetero) is 1. The Hall–Kier alpha value is -1.24. The van der Waals surface area contributed by atoms with Crippen molar-refractivity contribution < 1.29 is 30.0 Å². The summed E-state index contributed by atoms with van der Waals surface area (Å²) >= 11 is 0. The van der Waals surface area contributed by atoms with Crippen LogP contribution in [0.1, 0.15) is 46.0 Å². The quantitative estimate of drug-likeness (QED) is 0.519. The molecule has 144 valence electrons. The number of ketones is 1. The minimum absolute atomic E-state index is 0.0561. The van der Waals surface area contributed by atoms with Crippen molar-refractivity contribution in [1.82, 2.24) is 0 Å². The zero-order chi connectivity index (χ0) is 19.2. The number of rotatable bonds is 1. The molecule has 2 bridgehead atoms. The van der Waals surface area contributed by atoms with E-state index in [2.05, 4.69) is 6.58 Å². The average Bonchev–Trinajstić information content (AvgIpc) is 2.77. The number of aliphatic hydroxyl groups is 3. The number of hydrogen-bond acceptors (Lipinski definition) is 5. The van der Waals surface area contributed by atoms with Gasteiger partial charge in [0.1, 0.15) is 0 Å². The van der Waals surface area contributed by atoms with Crippen molar-refractivity contribution in [2.45, 2.75) is 64.3 Å². The van der Waals surface area contributed by atoms with Gasteiger partial charge in [0.2, 0.25) is 0 Å². The summed E-state index contributed by atoms with van der Waals surface area (Å²) in [6.45, 7) is 7.36. The van der Waals surface area contributed by atoms with Crippen LogP contribution in [0.2, 0.25) is 0 Å². The summed E-state index contributed by atoms with van der Waals surface area (Å²) in [4.78, 5) is 25.2. The molecule has 4 N–H and O–H groups in total. The average molecular weight is 364 g/mol. The van der Waals surface area contributed by atoms with Gasteiger partial charge in [-0.25, -0.2) is 0 Å². The normalized spacial score (nSPS) is 56.0. The summed E-state index contributed by atoms with van der Waals surface area (Å²) in [7, 11) is 0. The van der Waals surface area contributed by atoms with Gasteiger partial charge in [-0.3, -0.25) is 9.59 Å². The maximum Gasteiger partial charge on any atom is 0.309 e. The zero-order valence-corrected chi connectivity index (χ0v) is 15.3. The molecule has 0 aromatic rings. The molecule has 4 saturated carbocycles. The van der Waals surface area contributed by atoms with Crippen molar-refractivity contribution in [1.29, 1.82) is 0 Å². The van der Waals surface area contributed by atoms with Crippen molar-refractivity contribution in [2.24, 2.45) is 34.0 Å². The molecule has 4 aliphatic carbocycles. The lowest BCUT2D eigenvalue weighted by Crippen LogP contribution is -2.70. The lowest BCUT2D eigenvalue weighted by molar-refractivity contribution is -0.256. The summed E-state index contributed by atoms with van der Waals surface area (Å²) in [6, 6.07) is 0. The highest BCUT2D eigenvalue weighted by Gasteiger charge is 2.74. The van der Waals surface area contributed by atoms with Gasteiger partial charge < -0.3 is 20.4 Å². The number of carboxylic acids is 1. The van der Waals surface area contributed by atoms with Crippen LogP contribution in [0.4, 0.5) is 0 Å². The fraction of sp³-hybridized carbons (Fsp3) is 0.800. The van der Waals surface area contributed by atoms with Crippen LogP contribution in [0.5, 0.6) is 0 Å². The molecule has 9 atom stereocenters. The van der Waals surface area contributed by atoms with Gasteiger partial charge in [-0.15, -0.1) is 0 Å². The second-order valence-corrected chi connectivity index (χ2v) is 9.53. The van der Waals surface area contributed by atoms with Crippen molar-refractivity contribution in [3.05, 3.63) is 12.2 Å². The van der Waals surface area contributed by atoms with Crippen LogP contribution in [-0.2, 0) is 9.59 Å². The summed E-state index contributed by atoms with van der Waals surface area (Å²) in [6.07, 6.45) is -1.25. The smallest absolute Gasteiger partial charge is 0.309 e. The van der Waals surface area contributed by atoms with Gasteiger partial charge in [0.05, 0.1) is 29.1 Å². The third kappa shape index (κ3) is 1.78. The number of aliphatic carboxylic acids is 1. The number of carboxylic acid groups (broad SMARTS) is 1. The fourth-order valence-corrected chi connectivity index (χ4v) is 7.32. The number of aliphatic hydroxyl groups excluding tert-OH is 3. The Morgan fingerprint density at radius 1 is 1.12 bits per heavy atom. The molecule has 0 amide bonds. The molecule has 0 radical (unpaired) electrons. The van der Waals surface area contributed by atoms with E-state index in [1.165, 1.54) is 0 Å². The molecule has 0 heterocycles. The number of carbonyl (C=O) groups excluding carboxylic acids is 1. The highest BCUT2D eigenvalue weighted by Crippen LogP contribution is 2.71. The molecule has 4 fully saturated rings. The van der Waals surface area contributed by atoms with Crippen LogP contribution in [0, 0.1) is 34.0 Å². The largest absolute Gasteiger partial charge is 0.481 e. The molecule has 6 nitrogen and oxygen atoms in total. The van der Waals surface area contributed by atoms with Gasteiger partial charge in [0, 0.05) is 5.41 Å². The SMILES string of the molecule is C=C1C(=O)[C@]23C[C@H]1CCC2[C@@]1(C)C(C[C@@H]3O)[C@](C)(C(=O)O)C[C@H](O)[C@@H]1O. The first-order valence-electron chi connectivity index (χ1n) is 9.52. The van der Waals surface area contributed by atoms with Gasteiger partial charge in [0.25, 0.3) is 0 Å². The number of carbonyl (C=O) groups is 2. The molecule has 0 aromatic heterocycles. The van der Waals surface area contributed by atoms with Crippen LogP contribution < -0.4 is 0 Å². The Balaban J connectivity index is 1.90. The van der Waals surface area contributed by atoms with Crippen molar-refractivity contribution in [3.63, 3.8) is 0 Å². The van der Waals surface area contributed by atoms with E-state index in [9.17, 15) is 30.0 Å². The molecule has 0 aromatic carbocycles. The molecule has 4 rings (SSSR count). The van der Waals surface area contributed by atoms with Crippen LogP contribution in [-0.4, -0.2) is 50.5 Å². The molecule has 26 heavy (non-hydrogen) atoms. The van der Waals surface area contributed by atoms with E-state index in [4.69, 9.17) is 0 Å². The lowest BCUT2D eigenvalue weighted by atomic mass is 9.39. The van der Waals surface area contributed by atoms with Crippen LogP contribution in [0.25, 0.3) is 0 Å². The minimum atomic E-state index is -1.26. The standard InChI is InChI=1S/C20H28O6/c1-9-10-4-5-12-19(3)13(6-14(22)20(12,7-10)15(9)23)18(2,17(25)26)8-11(21)16(19)24/h10-14,16,21-22,24H,1,4-8H2,2-3H3,(H,25,26)/t10-,11+,12?,13?,14+,16+,18-,19+,20-/m1/s1. The van der Waals surface area contributed by atoms with E-state index in [1.54, 1.807) is 6.92 Å². The number of fused-ring (bicyclic) bond motifs is 3. The predicted octanol–water partition coefficient (Wildman–Crippen LogP) is 1.13. The second kappa shape index (κ2) is 5.18. The van der Waals surface area contributed by atoms with Gasteiger partial charge >= 0.3 is 5.97 Å². The van der Waals surface area contributed by atoms with E-state index in [1.807, 2.05) is 6.92 Å². The predicted molar refractivity (Wildman–Crippen MR) is 92.0 cm³/mol. The van der Waals surface area contributed by atoms with E-state index in [-0.39, 0.29) is 30.5 Å². The third-order valence-corrected chi connectivity index (χ3v) is 8.66. The molecule has 6 heteroatoms. The van der Waals surface area contributed by atoms with Crippen LogP contribution >= 0.6 is 0 Å². The topological polar surface area (TPSA) is 115 Å². The van der Waals surface area contributed by atoms with Gasteiger partial charge in [-0.2, -0.15) is 0 Å². The Labute approximate surface area is 152 Å². The first-order valence-corrected chi connectivity index (χ1v) is 9.52. The van der Waals surface area contributed by atoms with Gasteiger partial charge in [-0.05, 0) is 62.4 Å². The maximum atomic E-state index is 13.1. The van der Waals surface area contributed by atoms with E-state index in [0.29, 0.717) is 18.4 Å². The summed E-state index contributed by atoms with van der Waals surface area (Å²) in [5.74, 6) is -1.98. The lowest BCUT2D eigenvalue weighted by Gasteiger charge is -2.65. The fourth-order valence-electron chi connectivity index (χ4n) is 7.32. The molecule has 0 saturated heterocycles. The van der Waals surface area contributed by atoms with Gasteiger partial charge in [-0.1, -0.05) is 13.5 Å². The zero-order valence-electron chi connectivity index (χ0n) is 15.3. The molecule has 1 spiro atoms. The molecule has 0 aliphatic heterocycles. The van der Waals surface area contributed by atoms with Crippen molar-refractivity contribution in [2.75, 3.05) is 0 Å². The van der Waals surface area contributed by atoms with Crippen molar-refractivity contribution in [3.8, 4) is 0 Å². The summed E-state index contributed by atoms with van der Waals surface area (Å²) < 4.78 is 0. The first-order chi connectivity index (χ1) is 12.0. The Morgan fingerprint density at radius 3 is 2.38 bits per heavy atom. The van der Waals surface area contributed by atoms with Crippen LogP contribution in [0.3, 0.4) is 0 Å². The molecule has 2 unspecified atom stereocenters. The first kappa shape index (κ1) is 18.1. The molecular formula is C20H28O6. The second-order valence-electron chi connectivity index (χ2n) is 9.53. The Morgan fingerprint density at radius 2 is 1.77 bits per heavy atom. The highest BCUT2D eigenvalue weighted by atomic mass is 16.4. The van der Waals surface area contributed by atoms with E-state index in [0.717, 1.165) is 6.42 Å². The van der Waals surface area contributed by atoms with Crippen LogP contribution in [0.15, 0.2) is 12.2 Å². The monoisotopic (exact) mass is 364 g/mol. The number of hydrogen-bond donors (Lipinski definition) is 4. The Bertz CT molecular complexity index is 702. The summed E-state index contributed by atoms with van der Waals surface area (Å²) in [5.41, 5.74) is -2.65. The van der Waals surface area contributed by atoms with E-state index >= 15 is 0 Å². The third-order valence-electron chi connectivity index (χ3n) is 8.66. The minimum Gasteiger partial charge on any atom is -0.481 e. The van der Waals surface area contributed by atoms with E-state index < -0.39 is 46.4 Å². The maximum absolute atomic E-state index is 13.1. The number of allylic oxidation sites excluding steroid dienone is 1. The highest BCUT2D eigenvalue weighted by molar-refractivity contribution is 6.03. The molecular weight excluding hydrogens is 336 g/mol.